The average Bonchev–Trinajstić information content (AvgIpc) is 3.12. The van der Waals surface area contributed by atoms with Gasteiger partial charge < -0.3 is 21.3 Å². The highest BCUT2D eigenvalue weighted by Crippen LogP contribution is 2.50. The predicted molar refractivity (Wildman–Crippen MR) is 222 cm³/mol. The van der Waals surface area contributed by atoms with E-state index < -0.39 is 19.8 Å². The Morgan fingerprint density at radius 3 is 1.12 bits per heavy atom. The molecule has 52 heavy (non-hydrogen) atoms. The first kappa shape index (κ1) is 50.9. The van der Waals surface area contributed by atoms with Crippen LogP contribution in [-0.2, 0) is 22.9 Å². The van der Waals surface area contributed by atoms with Gasteiger partial charge in [-0.05, 0) is 25.7 Å². The highest BCUT2D eigenvalue weighted by molar-refractivity contribution is 7.49. The molecular formula is C42H87N4O5P. The van der Waals surface area contributed by atoms with Crippen LogP contribution in [0.5, 0.6) is 0 Å². The largest absolute Gasteiger partial charge is 0.532 e. The summed E-state index contributed by atoms with van der Waals surface area (Å²) in [5.74, 6) is -0.921. The molecule has 0 aliphatic carbocycles. The summed E-state index contributed by atoms with van der Waals surface area (Å²) in [6.45, 7) is 5.40. The third kappa shape index (κ3) is 37.2. The molecule has 0 radical (unpaired) electrons. The zero-order valence-corrected chi connectivity index (χ0v) is 35.3. The van der Waals surface area contributed by atoms with Crippen molar-refractivity contribution >= 4 is 19.8 Å². The Morgan fingerprint density at radius 1 is 0.538 bits per heavy atom. The van der Waals surface area contributed by atoms with Crippen molar-refractivity contribution in [1.82, 2.24) is 5.32 Å². The van der Waals surface area contributed by atoms with E-state index in [1.165, 1.54) is 167 Å². The first-order valence-corrected chi connectivity index (χ1v) is 23.8. The minimum Gasteiger partial charge on any atom is -0.370 e. The minimum atomic E-state index is -4.06. The molecule has 0 saturated heterocycles. The van der Waals surface area contributed by atoms with Crippen molar-refractivity contribution in [2.75, 3.05) is 19.8 Å². The standard InChI is InChI=1S/C42H87N4O5P/c1-3-5-7-9-11-13-15-17-19-21-23-25-27-29-31-33-38-49-52(48,51-41(47)40(43)36-35-37-46-42(44)45)50-39-34-32-30-28-26-24-22-20-18-16-14-12-10-8-6-4-2/h40H,3-39,43H2,1-2H3,(H4,44,45,46)/t40-/m0/s1. The van der Waals surface area contributed by atoms with E-state index in [0.717, 1.165) is 38.5 Å². The van der Waals surface area contributed by atoms with E-state index in [1.54, 1.807) is 0 Å². The monoisotopic (exact) mass is 759 g/mol. The summed E-state index contributed by atoms with van der Waals surface area (Å²) < 4.78 is 30.0. The van der Waals surface area contributed by atoms with Crippen LogP contribution < -0.4 is 16.8 Å². The van der Waals surface area contributed by atoms with Crippen LogP contribution in [0, 0.1) is 5.41 Å². The van der Waals surface area contributed by atoms with Crippen molar-refractivity contribution in [3.8, 4) is 0 Å². The lowest BCUT2D eigenvalue weighted by molar-refractivity contribution is -0.138. The maximum atomic E-state index is 13.5. The van der Waals surface area contributed by atoms with Gasteiger partial charge in [-0.25, -0.2) is 9.36 Å². The normalized spacial score (nSPS) is 12.3. The second kappa shape index (κ2) is 39.5. The van der Waals surface area contributed by atoms with Crippen molar-refractivity contribution in [2.45, 2.75) is 238 Å². The summed E-state index contributed by atoms with van der Waals surface area (Å²) >= 11 is 0. The molecule has 0 aliphatic rings. The molecule has 0 saturated carbocycles. The molecule has 0 aromatic rings. The molecule has 0 bridgehead atoms. The van der Waals surface area contributed by atoms with Crippen molar-refractivity contribution in [1.29, 1.82) is 5.41 Å². The lowest BCUT2D eigenvalue weighted by Gasteiger charge is -2.19. The van der Waals surface area contributed by atoms with Gasteiger partial charge in [0, 0.05) is 6.54 Å². The summed E-state index contributed by atoms with van der Waals surface area (Å²) in [5.41, 5.74) is 11.3. The molecule has 0 heterocycles. The van der Waals surface area contributed by atoms with Crippen LogP contribution in [0.3, 0.4) is 0 Å². The number of hydrogen-bond acceptors (Lipinski definition) is 7. The molecule has 0 fully saturated rings. The zero-order chi connectivity index (χ0) is 38.2. The van der Waals surface area contributed by atoms with Gasteiger partial charge in [-0.1, -0.05) is 206 Å². The Hall–Kier alpha value is -1.15. The molecule has 10 heteroatoms. The van der Waals surface area contributed by atoms with Crippen LogP contribution in [0.25, 0.3) is 0 Å². The number of carbonyl (C=O) groups excluding carboxylic acids is 1. The predicted octanol–water partition coefficient (Wildman–Crippen LogP) is 12.8. The zero-order valence-electron chi connectivity index (χ0n) is 34.4. The smallest absolute Gasteiger partial charge is 0.370 e. The lowest BCUT2D eigenvalue weighted by Crippen LogP contribution is -2.35. The van der Waals surface area contributed by atoms with E-state index in [1.807, 2.05) is 0 Å². The second-order valence-electron chi connectivity index (χ2n) is 15.2. The highest BCUT2D eigenvalue weighted by atomic mass is 31.2. The van der Waals surface area contributed by atoms with E-state index in [-0.39, 0.29) is 19.2 Å². The highest BCUT2D eigenvalue weighted by Gasteiger charge is 2.33. The van der Waals surface area contributed by atoms with E-state index in [0.29, 0.717) is 19.4 Å². The van der Waals surface area contributed by atoms with E-state index in [2.05, 4.69) is 19.2 Å². The van der Waals surface area contributed by atoms with Gasteiger partial charge in [0.05, 0.1) is 13.2 Å². The molecule has 0 unspecified atom stereocenters. The third-order valence-electron chi connectivity index (χ3n) is 10.0. The molecule has 0 spiro atoms. The Balaban J connectivity index is 4.19. The number of carbonyl (C=O) groups is 1. The number of nitrogens with two attached hydrogens (primary N) is 2. The topological polar surface area (TPSA) is 150 Å². The van der Waals surface area contributed by atoms with Crippen LogP contribution in [-0.4, -0.2) is 37.7 Å². The Morgan fingerprint density at radius 2 is 0.827 bits per heavy atom. The van der Waals surface area contributed by atoms with E-state index in [4.69, 9.17) is 30.4 Å². The fourth-order valence-electron chi connectivity index (χ4n) is 6.58. The van der Waals surface area contributed by atoms with Gasteiger partial charge in [0.15, 0.2) is 5.96 Å². The van der Waals surface area contributed by atoms with Crippen molar-refractivity contribution < 1.29 is 22.9 Å². The first-order chi connectivity index (χ1) is 25.3. The van der Waals surface area contributed by atoms with Gasteiger partial charge in [0.2, 0.25) is 0 Å². The molecule has 0 amide bonds. The number of nitrogens with one attached hydrogen (secondary N) is 2. The quantitative estimate of drug-likeness (QED) is 0.0208. The van der Waals surface area contributed by atoms with Gasteiger partial charge in [-0.3, -0.25) is 14.5 Å². The Bertz CT molecular complexity index is 792. The van der Waals surface area contributed by atoms with Gasteiger partial charge in [-0.2, -0.15) is 0 Å². The Kier molecular flexibility index (Phi) is 38.7. The summed E-state index contributed by atoms with van der Waals surface area (Å²) in [6, 6.07) is -0.958. The van der Waals surface area contributed by atoms with E-state index in [9.17, 15) is 9.36 Å². The summed E-state index contributed by atoms with van der Waals surface area (Å²) in [4.78, 5) is 12.7. The molecular weight excluding hydrogens is 671 g/mol. The SMILES string of the molecule is CCCCCCCCCCCCCCCCCCOP(=O)(OCCCCCCCCCCCCCCCCCC)OC(=O)[C@@H](N)CCCNC(=N)N. The molecule has 0 aromatic heterocycles. The number of rotatable bonds is 42. The van der Waals surface area contributed by atoms with Gasteiger partial charge in [0.25, 0.3) is 0 Å². The molecule has 0 rings (SSSR count). The molecule has 0 aromatic carbocycles. The lowest BCUT2D eigenvalue weighted by atomic mass is 10.0. The summed E-state index contributed by atoms with van der Waals surface area (Å²) in [6.07, 6.45) is 41.6. The van der Waals surface area contributed by atoms with Gasteiger partial charge in [0.1, 0.15) is 6.04 Å². The Labute approximate surface area is 322 Å². The fourth-order valence-corrected chi connectivity index (χ4v) is 7.82. The average molecular weight is 759 g/mol. The molecule has 310 valence electrons. The van der Waals surface area contributed by atoms with Crippen LogP contribution in [0.4, 0.5) is 0 Å². The molecule has 0 aliphatic heterocycles. The number of unbranched alkanes of at least 4 members (excludes halogenated alkanes) is 30. The molecule has 9 nitrogen and oxygen atoms in total. The maximum Gasteiger partial charge on any atom is 0.532 e. The fraction of sp³-hybridized carbons (Fsp3) is 0.952. The van der Waals surface area contributed by atoms with Crippen LogP contribution in [0.15, 0.2) is 0 Å². The number of phosphoric acid groups is 1. The molecule has 6 N–H and O–H groups in total. The van der Waals surface area contributed by atoms with E-state index >= 15 is 0 Å². The van der Waals surface area contributed by atoms with Crippen molar-refractivity contribution in [3.05, 3.63) is 0 Å². The number of hydrogen-bond donors (Lipinski definition) is 4. The van der Waals surface area contributed by atoms with Crippen LogP contribution in [0.2, 0.25) is 0 Å². The summed E-state index contributed by atoms with van der Waals surface area (Å²) in [7, 11) is -4.06. The third-order valence-corrected chi connectivity index (χ3v) is 11.4. The maximum absolute atomic E-state index is 13.5. The minimum absolute atomic E-state index is 0.134. The van der Waals surface area contributed by atoms with Crippen molar-refractivity contribution in [2.24, 2.45) is 11.5 Å². The second-order valence-corrected chi connectivity index (χ2v) is 16.8. The molecule has 1 atom stereocenters. The summed E-state index contributed by atoms with van der Waals surface area (Å²) in [5, 5.41) is 9.92. The number of phosphoric ester groups is 1. The van der Waals surface area contributed by atoms with Crippen LogP contribution >= 0.6 is 7.82 Å². The van der Waals surface area contributed by atoms with Crippen LogP contribution in [0.1, 0.15) is 232 Å². The number of guanidine groups is 1. The van der Waals surface area contributed by atoms with Gasteiger partial charge in [-0.15, -0.1) is 0 Å². The first-order valence-electron chi connectivity index (χ1n) is 22.3. The van der Waals surface area contributed by atoms with Gasteiger partial charge >= 0.3 is 13.8 Å². The van der Waals surface area contributed by atoms with Crippen molar-refractivity contribution in [3.63, 3.8) is 0 Å².